The first kappa shape index (κ1) is 34.5. The number of aliphatic carboxylic acids is 1. The van der Waals surface area contributed by atoms with E-state index in [0.717, 1.165) is 42.9 Å². The van der Waals surface area contributed by atoms with Gasteiger partial charge in [-0.2, -0.15) is 13.2 Å². The molecular weight excluding hydrogens is 626 g/mol. The van der Waals surface area contributed by atoms with Crippen LogP contribution in [0.3, 0.4) is 0 Å². The highest BCUT2D eigenvalue weighted by Gasteiger charge is 2.56. The van der Waals surface area contributed by atoms with Crippen molar-refractivity contribution in [3.05, 3.63) is 59.2 Å². The Kier molecular flexibility index (Phi) is 9.98. The zero-order valence-electron chi connectivity index (χ0n) is 27.9. The maximum Gasteiger partial charge on any atom is 0.416 e. The van der Waals surface area contributed by atoms with E-state index in [1.54, 1.807) is 18.1 Å². The van der Waals surface area contributed by atoms with Gasteiger partial charge in [0.05, 0.1) is 18.6 Å². The van der Waals surface area contributed by atoms with E-state index in [4.69, 9.17) is 4.74 Å². The normalized spacial score (nSPS) is 28.1. The molecule has 1 amide bonds. The highest BCUT2D eigenvalue weighted by Crippen LogP contribution is 2.45. The van der Waals surface area contributed by atoms with Crippen LogP contribution < -0.4 is 9.64 Å². The number of alkyl halides is 4. The number of likely N-dealkylation sites (tertiary alicyclic amines) is 2. The van der Waals surface area contributed by atoms with Crippen molar-refractivity contribution < 1.29 is 37.0 Å². The van der Waals surface area contributed by atoms with Crippen LogP contribution in [0.25, 0.3) is 0 Å². The van der Waals surface area contributed by atoms with E-state index in [1.165, 1.54) is 6.07 Å². The zero-order chi connectivity index (χ0) is 34.2. The number of methoxy groups -OCH3 is 1. The molecule has 0 aromatic heterocycles. The first-order chi connectivity index (χ1) is 22.9. The van der Waals surface area contributed by atoms with Crippen molar-refractivity contribution in [1.82, 2.24) is 9.80 Å². The minimum Gasteiger partial charge on any atom is -0.497 e. The van der Waals surface area contributed by atoms with Crippen molar-refractivity contribution in [3.63, 3.8) is 0 Å². The van der Waals surface area contributed by atoms with Crippen LogP contribution in [0.2, 0.25) is 0 Å². The van der Waals surface area contributed by atoms with Crippen LogP contribution in [0.1, 0.15) is 86.8 Å². The molecule has 11 heteroatoms. The highest BCUT2D eigenvalue weighted by atomic mass is 19.4. The summed E-state index contributed by atoms with van der Waals surface area (Å²) in [6.45, 7) is 4.11. The number of carbonyl (C=O) groups is 2. The lowest BCUT2D eigenvalue weighted by molar-refractivity contribution is -0.145. The number of hydrogen-bond donors (Lipinski definition) is 1. The topological polar surface area (TPSA) is 73.3 Å². The summed E-state index contributed by atoms with van der Waals surface area (Å²) in [7, 11) is 1.58. The number of carboxylic acids is 1. The third-order valence-corrected chi connectivity index (χ3v) is 11.5. The van der Waals surface area contributed by atoms with E-state index < -0.39 is 41.1 Å². The van der Waals surface area contributed by atoms with Gasteiger partial charge in [0.2, 0.25) is 5.67 Å². The van der Waals surface area contributed by atoms with Crippen LogP contribution >= 0.6 is 0 Å². The maximum atomic E-state index is 17.5. The lowest BCUT2D eigenvalue weighted by Gasteiger charge is -2.39. The number of carboxylic acid groups (broad SMARTS) is 1. The SMILES string of the molecule is COc1ccc([C@@H]2CN([C@H]3CC[C@H](C)CC3)C[C@@]2(F)C(=O)N2CCC(c3ccc(C(F)(F)F)cc3N3CCC(C(=O)O)CC3)CC2)cc1. The minimum atomic E-state index is -4.51. The number of halogens is 4. The van der Waals surface area contributed by atoms with Crippen molar-refractivity contribution in [2.75, 3.05) is 51.3 Å². The summed E-state index contributed by atoms with van der Waals surface area (Å²) in [6, 6.07) is 11.4. The molecule has 2 aromatic rings. The number of anilines is 1. The molecule has 0 radical (unpaired) electrons. The monoisotopic (exact) mass is 673 g/mol. The molecule has 1 saturated carbocycles. The first-order valence-corrected chi connectivity index (χ1v) is 17.4. The fourth-order valence-corrected chi connectivity index (χ4v) is 8.52. The van der Waals surface area contributed by atoms with Crippen LogP contribution in [-0.4, -0.2) is 84.9 Å². The van der Waals surface area contributed by atoms with Gasteiger partial charge in [-0.15, -0.1) is 0 Å². The third kappa shape index (κ3) is 7.03. The summed E-state index contributed by atoms with van der Waals surface area (Å²) in [4.78, 5) is 31.4. The Balaban J connectivity index is 1.20. The molecule has 7 nitrogen and oxygen atoms in total. The number of hydrogen-bond acceptors (Lipinski definition) is 5. The van der Waals surface area contributed by atoms with Gasteiger partial charge < -0.3 is 19.6 Å². The molecule has 6 rings (SSSR count). The van der Waals surface area contributed by atoms with E-state index in [0.29, 0.717) is 75.8 Å². The molecule has 262 valence electrons. The smallest absolute Gasteiger partial charge is 0.416 e. The molecule has 1 N–H and O–H groups in total. The molecule has 0 bridgehead atoms. The Morgan fingerprint density at radius 2 is 1.54 bits per heavy atom. The van der Waals surface area contributed by atoms with Gasteiger partial charge in [-0.3, -0.25) is 14.5 Å². The van der Waals surface area contributed by atoms with Gasteiger partial charge in [0.15, 0.2) is 0 Å². The third-order valence-electron chi connectivity index (χ3n) is 11.5. The molecule has 3 saturated heterocycles. The van der Waals surface area contributed by atoms with Crippen molar-refractivity contribution >= 4 is 17.6 Å². The van der Waals surface area contributed by atoms with E-state index in [-0.39, 0.29) is 18.5 Å². The predicted octanol–water partition coefficient (Wildman–Crippen LogP) is 7.11. The summed E-state index contributed by atoms with van der Waals surface area (Å²) in [5.74, 6) is -1.30. The quantitative estimate of drug-likeness (QED) is 0.316. The van der Waals surface area contributed by atoms with Crippen LogP contribution in [-0.2, 0) is 15.8 Å². The Hall–Kier alpha value is -3.34. The molecule has 0 spiro atoms. The molecule has 0 unspecified atom stereocenters. The van der Waals surface area contributed by atoms with Gasteiger partial charge in [0, 0.05) is 56.9 Å². The van der Waals surface area contributed by atoms with Crippen molar-refractivity contribution in [2.24, 2.45) is 11.8 Å². The van der Waals surface area contributed by atoms with E-state index in [2.05, 4.69) is 11.8 Å². The molecule has 4 aliphatic rings. The van der Waals surface area contributed by atoms with E-state index >= 15 is 4.39 Å². The van der Waals surface area contributed by atoms with Gasteiger partial charge in [-0.05, 0) is 98.6 Å². The molecule has 2 aromatic carbocycles. The lowest BCUT2D eigenvalue weighted by atomic mass is 9.83. The number of rotatable bonds is 7. The second-order valence-electron chi connectivity index (χ2n) is 14.5. The number of amides is 1. The van der Waals surface area contributed by atoms with Crippen LogP contribution in [0.5, 0.6) is 5.75 Å². The van der Waals surface area contributed by atoms with Crippen molar-refractivity contribution in [2.45, 2.75) is 88.0 Å². The fourth-order valence-electron chi connectivity index (χ4n) is 8.52. The number of carbonyl (C=O) groups excluding carboxylic acids is 1. The van der Waals surface area contributed by atoms with E-state index in [1.807, 2.05) is 29.2 Å². The average Bonchev–Trinajstić information content (AvgIpc) is 3.46. The second-order valence-corrected chi connectivity index (χ2v) is 14.5. The molecule has 48 heavy (non-hydrogen) atoms. The average molecular weight is 674 g/mol. The predicted molar refractivity (Wildman–Crippen MR) is 175 cm³/mol. The Labute approximate surface area is 280 Å². The molecule has 2 atom stereocenters. The molecular formula is C37H47F4N3O4. The Bertz CT molecular complexity index is 1450. The second kappa shape index (κ2) is 13.9. The summed E-state index contributed by atoms with van der Waals surface area (Å²) in [6.07, 6.45) is 1.41. The van der Waals surface area contributed by atoms with E-state index in [9.17, 15) is 27.9 Å². The molecule has 4 fully saturated rings. The van der Waals surface area contributed by atoms with Gasteiger partial charge in [0.1, 0.15) is 5.75 Å². The van der Waals surface area contributed by atoms with Gasteiger partial charge in [-0.25, -0.2) is 4.39 Å². The number of benzene rings is 2. The number of piperidine rings is 2. The summed E-state index contributed by atoms with van der Waals surface area (Å²) < 4.78 is 64.1. The number of nitrogens with zero attached hydrogens (tertiary/aromatic N) is 3. The molecule has 1 aliphatic carbocycles. The Morgan fingerprint density at radius 3 is 2.12 bits per heavy atom. The summed E-state index contributed by atoms with van der Waals surface area (Å²) in [5, 5.41) is 9.43. The lowest BCUT2D eigenvalue weighted by Crippen LogP contribution is -2.53. The highest BCUT2D eigenvalue weighted by molar-refractivity contribution is 5.87. The van der Waals surface area contributed by atoms with Gasteiger partial charge >= 0.3 is 12.1 Å². The fraction of sp³-hybridized carbons (Fsp3) is 0.622. The molecule has 3 heterocycles. The zero-order valence-corrected chi connectivity index (χ0v) is 27.9. The van der Waals surface area contributed by atoms with Crippen LogP contribution in [0, 0.1) is 11.8 Å². The summed E-state index contributed by atoms with van der Waals surface area (Å²) >= 11 is 0. The Morgan fingerprint density at radius 1 is 0.896 bits per heavy atom. The van der Waals surface area contributed by atoms with Crippen molar-refractivity contribution in [1.29, 1.82) is 0 Å². The first-order valence-electron chi connectivity index (χ1n) is 17.4. The summed E-state index contributed by atoms with van der Waals surface area (Å²) in [5.41, 5.74) is -0.814. The minimum absolute atomic E-state index is 0.0524. The van der Waals surface area contributed by atoms with Crippen LogP contribution in [0.15, 0.2) is 42.5 Å². The maximum absolute atomic E-state index is 17.5. The number of ether oxygens (including phenoxy) is 1. The van der Waals surface area contributed by atoms with Crippen LogP contribution in [0.4, 0.5) is 23.2 Å². The largest absolute Gasteiger partial charge is 0.497 e. The van der Waals surface area contributed by atoms with Gasteiger partial charge in [0.25, 0.3) is 5.91 Å². The standard InChI is InChI=1S/C37H47F4N3O4/c1-24-3-8-29(9-4-24)44-22-32(26-5-10-30(48-2)11-6-26)36(38,23-44)35(47)43-19-13-25(14-20-43)31-12-7-28(37(39,40)41)21-33(31)42-17-15-27(16-18-42)34(45)46/h5-7,10-12,21,24-25,27,29,32H,3-4,8-9,13-20,22-23H2,1-2H3,(H,45,46)/t24-,29-,32-,36-/m0/s1. The molecule has 3 aliphatic heterocycles. The van der Waals surface area contributed by atoms with Crippen molar-refractivity contribution in [3.8, 4) is 5.75 Å². The van der Waals surface area contributed by atoms with Gasteiger partial charge in [-0.1, -0.05) is 25.1 Å².